The molecule has 20 heavy (non-hydrogen) atoms. The Labute approximate surface area is 123 Å². The molecule has 0 aromatic heterocycles. The van der Waals surface area contributed by atoms with E-state index in [1.807, 2.05) is 0 Å². The lowest BCUT2D eigenvalue weighted by Crippen LogP contribution is -2.50. The van der Waals surface area contributed by atoms with Crippen molar-refractivity contribution in [1.82, 2.24) is 5.32 Å². The van der Waals surface area contributed by atoms with Crippen molar-refractivity contribution in [3.63, 3.8) is 0 Å². The lowest BCUT2D eigenvalue weighted by molar-refractivity contribution is -0.141. The molecule has 0 saturated carbocycles. The Kier molecular flexibility index (Phi) is 5.00. The maximum Gasteiger partial charge on any atom is 0.326 e. The van der Waals surface area contributed by atoms with Gasteiger partial charge in [0.25, 0.3) is 0 Å². The molecule has 110 valence electrons. The van der Waals surface area contributed by atoms with Gasteiger partial charge in [0.2, 0.25) is 0 Å². The van der Waals surface area contributed by atoms with Crippen LogP contribution in [0.5, 0.6) is 0 Å². The van der Waals surface area contributed by atoms with Crippen LogP contribution in [0.25, 0.3) is 0 Å². The second kappa shape index (κ2) is 6.13. The van der Waals surface area contributed by atoms with Crippen LogP contribution >= 0.6 is 11.6 Å². The van der Waals surface area contributed by atoms with Crippen molar-refractivity contribution in [2.45, 2.75) is 33.7 Å². The fourth-order valence-corrected chi connectivity index (χ4v) is 1.99. The molecule has 0 heterocycles. The van der Waals surface area contributed by atoms with Crippen molar-refractivity contribution in [3.8, 4) is 0 Å². The Morgan fingerprint density at radius 3 is 2.35 bits per heavy atom. The van der Waals surface area contributed by atoms with Crippen molar-refractivity contribution < 1.29 is 14.7 Å². The van der Waals surface area contributed by atoms with Gasteiger partial charge in [-0.1, -0.05) is 44.5 Å². The van der Waals surface area contributed by atoms with Gasteiger partial charge in [-0.3, -0.25) is 0 Å². The summed E-state index contributed by atoms with van der Waals surface area (Å²) in [6, 6.07) is 3.65. The molecule has 0 fully saturated rings. The molecule has 0 spiro atoms. The Hall–Kier alpha value is -1.75. The number of para-hydroxylation sites is 1. The van der Waals surface area contributed by atoms with Crippen LogP contribution in [0.15, 0.2) is 18.2 Å². The first-order valence-corrected chi connectivity index (χ1v) is 6.56. The summed E-state index contributed by atoms with van der Waals surface area (Å²) in [4.78, 5) is 23.1. The average molecular weight is 299 g/mol. The van der Waals surface area contributed by atoms with Gasteiger partial charge >= 0.3 is 12.0 Å². The highest BCUT2D eigenvalue weighted by molar-refractivity contribution is 6.33. The lowest BCUT2D eigenvalue weighted by Gasteiger charge is -2.27. The highest BCUT2D eigenvalue weighted by Gasteiger charge is 2.32. The van der Waals surface area contributed by atoms with E-state index in [1.165, 1.54) is 0 Å². The molecular formula is C14H19ClN2O3. The van der Waals surface area contributed by atoms with E-state index < -0.39 is 23.5 Å². The summed E-state index contributed by atoms with van der Waals surface area (Å²) in [5.74, 6) is -1.08. The normalized spacial score (nSPS) is 12.7. The third kappa shape index (κ3) is 4.13. The van der Waals surface area contributed by atoms with E-state index in [0.717, 1.165) is 5.56 Å². The fraction of sp³-hybridized carbons (Fsp3) is 0.429. The van der Waals surface area contributed by atoms with E-state index in [0.29, 0.717) is 10.7 Å². The van der Waals surface area contributed by atoms with E-state index >= 15 is 0 Å². The zero-order chi connectivity index (χ0) is 15.5. The molecule has 0 aliphatic heterocycles. The van der Waals surface area contributed by atoms with Crippen LogP contribution in [0.2, 0.25) is 5.02 Å². The van der Waals surface area contributed by atoms with E-state index in [1.54, 1.807) is 45.9 Å². The van der Waals surface area contributed by atoms with E-state index in [-0.39, 0.29) is 0 Å². The standard InChI is InChI=1S/C14H19ClN2O3/c1-8-6-5-7-9(15)10(8)16-13(20)17-11(12(18)19)14(2,3)4/h5-7,11H,1-4H3,(H,18,19)(H2,16,17,20)/t11-/m0/s1. The van der Waals surface area contributed by atoms with Gasteiger partial charge in [0.1, 0.15) is 6.04 Å². The zero-order valence-corrected chi connectivity index (χ0v) is 12.7. The predicted molar refractivity (Wildman–Crippen MR) is 79.2 cm³/mol. The third-order valence-electron chi connectivity index (χ3n) is 2.85. The number of rotatable bonds is 3. The Morgan fingerprint density at radius 2 is 1.90 bits per heavy atom. The number of carboxylic acids is 1. The summed E-state index contributed by atoms with van der Waals surface area (Å²) in [6.45, 7) is 7.03. The van der Waals surface area contributed by atoms with Crippen molar-refractivity contribution in [1.29, 1.82) is 0 Å². The Morgan fingerprint density at radius 1 is 1.30 bits per heavy atom. The number of urea groups is 1. The van der Waals surface area contributed by atoms with Crippen LogP contribution in [-0.2, 0) is 4.79 Å². The van der Waals surface area contributed by atoms with Gasteiger partial charge in [-0.15, -0.1) is 0 Å². The molecule has 1 aromatic carbocycles. The predicted octanol–water partition coefficient (Wildman–Crippen LogP) is 3.27. The highest BCUT2D eigenvalue weighted by Crippen LogP contribution is 2.25. The molecule has 0 saturated heterocycles. The van der Waals surface area contributed by atoms with Gasteiger partial charge < -0.3 is 15.7 Å². The van der Waals surface area contributed by atoms with Crippen LogP contribution in [-0.4, -0.2) is 23.1 Å². The van der Waals surface area contributed by atoms with Crippen molar-refractivity contribution >= 4 is 29.3 Å². The molecular weight excluding hydrogens is 280 g/mol. The van der Waals surface area contributed by atoms with E-state index in [2.05, 4.69) is 10.6 Å². The molecule has 5 nitrogen and oxygen atoms in total. The second-order valence-corrected chi connectivity index (χ2v) is 6.07. The van der Waals surface area contributed by atoms with Crippen LogP contribution < -0.4 is 10.6 Å². The smallest absolute Gasteiger partial charge is 0.326 e. The van der Waals surface area contributed by atoms with Gasteiger partial charge in [0.05, 0.1) is 10.7 Å². The van der Waals surface area contributed by atoms with E-state index in [9.17, 15) is 9.59 Å². The molecule has 3 N–H and O–H groups in total. The van der Waals surface area contributed by atoms with Crippen molar-refractivity contribution in [2.75, 3.05) is 5.32 Å². The van der Waals surface area contributed by atoms with Crippen LogP contribution in [0.3, 0.4) is 0 Å². The number of halogens is 1. The van der Waals surface area contributed by atoms with Crippen molar-refractivity contribution in [3.05, 3.63) is 28.8 Å². The molecule has 0 aliphatic rings. The van der Waals surface area contributed by atoms with Gasteiger partial charge in [-0.05, 0) is 24.0 Å². The maximum absolute atomic E-state index is 11.9. The Bertz CT molecular complexity index is 503. The minimum atomic E-state index is -1.08. The number of benzene rings is 1. The van der Waals surface area contributed by atoms with Gasteiger partial charge in [-0.25, -0.2) is 9.59 Å². The molecule has 2 amide bonds. The van der Waals surface area contributed by atoms with Gasteiger partial charge in [-0.2, -0.15) is 0 Å². The zero-order valence-electron chi connectivity index (χ0n) is 12.0. The first-order valence-electron chi connectivity index (χ1n) is 6.18. The summed E-state index contributed by atoms with van der Waals surface area (Å²) in [5.41, 5.74) is 0.679. The summed E-state index contributed by atoms with van der Waals surface area (Å²) in [7, 11) is 0. The van der Waals surface area contributed by atoms with Crippen LogP contribution in [0, 0.1) is 12.3 Å². The Balaban J connectivity index is 2.84. The third-order valence-corrected chi connectivity index (χ3v) is 3.16. The lowest BCUT2D eigenvalue weighted by atomic mass is 9.87. The molecule has 0 aliphatic carbocycles. The SMILES string of the molecule is Cc1cccc(Cl)c1NC(=O)N[C@@H](C(=O)O)C(C)(C)C. The summed E-state index contributed by atoms with van der Waals surface area (Å²) < 4.78 is 0. The number of aryl methyl sites for hydroxylation is 1. The number of nitrogens with one attached hydrogen (secondary N) is 2. The number of amides is 2. The number of anilines is 1. The number of carboxylic acid groups (broad SMARTS) is 1. The fourth-order valence-electron chi connectivity index (χ4n) is 1.72. The largest absolute Gasteiger partial charge is 0.480 e. The molecule has 0 radical (unpaired) electrons. The van der Waals surface area contributed by atoms with Gasteiger partial charge in [0.15, 0.2) is 0 Å². The summed E-state index contributed by atoms with van der Waals surface area (Å²) in [5, 5.41) is 14.6. The number of hydrogen-bond donors (Lipinski definition) is 3. The monoisotopic (exact) mass is 298 g/mol. The molecule has 0 unspecified atom stereocenters. The molecule has 1 aromatic rings. The number of carbonyl (C=O) groups is 2. The first kappa shape index (κ1) is 16.3. The quantitative estimate of drug-likeness (QED) is 0.801. The topological polar surface area (TPSA) is 78.4 Å². The molecule has 1 atom stereocenters. The maximum atomic E-state index is 11.9. The summed E-state index contributed by atoms with van der Waals surface area (Å²) in [6.07, 6.45) is 0. The molecule has 1 rings (SSSR count). The van der Waals surface area contributed by atoms with Gasteiger partial charge in [0, 0.05) is 0 Å². The first-order chi connectivity index (χ1) is 9.12. The highest BCUT2D eigenvalue weighted by atomic mass is 35.5. The van der Waals surface area contributed by atoms with Crippen molar-refractivity contribution in [2.24, 2.45) is 5.41 Å². The number of hydrogen-bond acceptors (Lipinski definition) is 2. The minimum absolute atomic E-state index is 0.405. The average Bonchev–Trinajstić information content (AvgIpc) is 2.29. The minimum Gasteiger partial charge on any atom is -0.480 e. The van der Waals surface area contributed by atoms with Crippen LogP contribution in [0.4, 0.5) is 10.5 Å². The molecule has 0 bridgehead atoms. The van der Waals surface area contributed by atoms with E-state index in [4.69, 9.17) is 16.7 Å². The van der Waals surface area contributed by atoms with Crippen LogP contribution in [0.1, 0.15) is 26.3 Å². The number of aliphatic carboxylic acids is 1. The number of carbonyl (C=O) groups excluding carboxylic acids is 1. The second-order valence-electron chi connectivity index (χ2n) is 5.67. The summed E-state index contributed by atoms with van der Waals surface area (Å²) >= 11 is 6.00. The molecule has 6 heteroatoms.